The van der Waals surface area contributed by atoms with E-state index in [1.54, 1.807) is 0 Å². The molecule has 0 aliphatic rings. The second-order valence-electron chi connectivity index (χ2n) is 7.54. The Kier molecular flexibility index (Phi) is 8.08. The van der Waals surface area contributed by atoms with Crippen LogP contribution in [0.4, 0.5) is 18.3 Å². The summed E-state index contributed by atoms with van der Waals surface area (Å²) >= 11 is 1.38. The average molecular weight is 472 g/mol. The van der Waals surface area contributed by atoms with Gasteiger partial charge >= 0.3 is 6.18 Å². The molecule has 3 aromatic rings. The monoisotopic (exact) mass is 471 g/mol. The lowest BCUT2D eigenvalue weighted by atomic mass is 10.1. The highest BCUT2D eigenvalue weighted by Gasteiger charge is 2.31. The van der Waals surface area contributed by atoms with Crippen LogP contribution in [0, 0.1) is 13.8 Å². The van der Waals surface area contributed by atoms with Crippen molar-refractivity contribution < 1.29 is 18.0 Å². The number of hydrogen-bond acceptors (Lipinski definition) is 4. The zero-order valence-corrected chi connectivity index (χ0v) is 19.4. The van der Waals surface area contributed by atoms with Crippen molar-refractivity contribution >= 4 is 45.0 Å². The van der Waals surface area contributed by atoms with Gasteiger partial charge in [0.15, 0.2) is 5.13 Å². The Morgan fingerprint density at radius 2 is 1.81 bits per heavy atom. The minimum absolute atomic E-state index is 0. The first-order chi connectivity index (χ1) is 14.1. The number of amides is 1. The zero-order valence-electron chi connectivity index (χ0n) is 17.8. The van der Waals surface area contributed by atoms with Gasteiger partial charge in [-0.2, -0.15) is 13.2 Å². The Labute approximate surface area is 190 Å². The number of benzene rings is 2. The number of halogens is 4. The highest BCUT2D eigenvalue weighted by molar-refractivity contribution is 7.22. The number of carbonyl (C=O) groups is 1. The lowest BCUT2D eigenvalue weighted by Crippen LogP contribution is -2.33. The predicted octanol–water partition coefficient (Wildman–Crippen LogP) is 5.95. The van der Waals surface area contributed by atoms with Crippen molar-refractivity contribution in [3.8, 4) is 0 Å². The summed E-state index contributed by atoms with van der Waals surface area (Å²) in [5.41, 5.74) is 2.13. The van der Waals surface area contributed by atoms with Gasteiger partial charge in [0.05, 0.1) is 15.8 Å². The fourth-order valence-electron chi connectivity index (χ4n) is 3.14. The number of carbonyl (C=O) groups excluding carboxylic acids is 1. The van der Waals surface area contributed by atoms with Crippen molar-refractivity contribution in [1.29, 1.82) is 0 Å². The van der Waals surface area contributed by atoms with Crippen LogP contribution in [0.25, 0.3) is 10.2 Å². The van der Waals surface area contributed by atoms with Gasteiger partial charge in [-0.15, -0.1) is 12.4 Å². The van der Waals surface area contributed by atoms with Gasteiger partial charge in [-0.05, 0) is 76.3 Å². The molecule has 0 N–H and O–H groups in total. The number of anilines is 1. The van der Waals surface area contributed by atoms with E-state index in [9.17, 15) is 18.0 Å². The average Bonchev–Trinajstić information content (AvgIpc) is 3.11. The molecule has 0 saturated carbocycles. The number of fused-ring (bicyclic) bond motifs is 1. The molecule has 9 heteroatoms. The number of aryl methyl sites for hydroxylation is 2. The van der Waals surface area contributed by atoms with E-state index in [2.05, 4.69) is 4.98 Å². The van der Waals surface area contributed by atoms with Crippen LogP contribution < -0.4 is 4.90 Å². The minimum atomic E-state index is -4.50. The lowest BCUT2D eigenvalue weighted by molar-refractivity contribution is -0.137. The van der Waals surface area contributed by atoms with Gasteiger partial charge in [-0.3, -0.25) is 9.69 Å². The number of nitrogens with zero attached hydrogens (tertiary/aromatic N) is 3. The third-order valence-electron chi connectivity index (χ3n) is 4.97. The summed E-state index contributed by atoms with van der Waals surface area (Å²) in [5, 5.41) is 0.500. The van der Waals surface area contributed by atoms with Gasteiger partial charge in [0.2, 0.25) is 0 Å². The maximum atomic E-state index is 13.2. The van der Waals surface area contributed by atoms with Crippen LogP contribution in [0.15, 0.2) is 36.4 Å². The predicted molar refractivity (Wildman–Crippen MR) is 123 cm³/mol. The van der Waals surface area contributed by atoms with E-state index in [0.717, 1.165) is 40.0 Å². The summed E-state index contributed by atoms with van der Waals surface area (Å²) in [5.74, 6) is -0.478. The van der Waals surface area contributed by atoms with Crippen LogP contribution in [0.3, 0.4) is 0 Å². The van der Waals surface area contributed by atoms with Gasteiger partial charge in [-0.25, -0.2) is 4.98 Å². The van der Waals surface area contributed by atoms with E-state index in [1.807, 2.05) is 45.0 Å². The first-order valence-electron chi connectivity index (χ1n) is 9.58. The third kappa shape index (κ3) is 5.75. The molecule has 0 atom stereocenters. The van der Waals surface area contributed by atoms with Gasteiger partial charge in [-0.1, -0.05) is 23.5 Å². The van der Waals surface area contributed by atoms with Crippen molar-refractivity contribution in [2.24, 2.45) is 0 Å². The largest absolute Gasteiger partial charge is 0.416 e. The van der Waals surface area contributed by atoms with Crippen molar-refractivity contribution in [2.45, 2.75) is 26.4 Å². The highest BCUT2D eigenvalue weighted by atomic mass is 35.5. The lowest BCUT2D eigenvalue weighted by Gasteiger charge is -2.21. The molecular weight excluding hydrogens is 447 g/mol. The Morgan fingerprint density at radius 3 is 2.45 bits per heavy atom. The molecule has 0 radical (unpaired) electrons. The first-order valence-corrected chi connectivity index (χ1v) is 10.4. The molecule has 2 aromatic carbocycles. The first kappa shape index (κ1) is 25.1. The molecule has 168 valence electrons. The van der Waals surface area contributed by atoms with E-state index < -0.39 is 17.6 Å². The van der Waals surface area contributed by atoms with Crippen molar-refractivity contribution in [3.05, 3.63) is 58.7 Å². The molecular formula is C22H25ClF3N3OS. The Balaban J connectivity index is 0.00000341. The number of thiazole rings is 1. The number of rotatable bonds is 6. The molecule has 0 bridgehead atoms. The highest BCUT2D eigenvalue weighted by Crippen LogP contribution is 2.34. The molecule has 0 saturated heterocycles. The standard InChI is InChI=1S/C22H24F3N3OS.ClH/c1-14-9-10-18-19(15(14)2)26-21(30-18)28(12-6-11-27(3)4)20(29)16-7-5-8-17(13-16)22(23,24)25;/h5,7-10,13H,6,11-12H2,1-4H3;1H. The molecule has 0 unspecified atom stereocenters. The van der Waals surface area contributed by atoms with E-state index >= 15 is 0 Å². The van der Waals surface area contributed by atoms with Crippen LogP contribution >= 0.6 is 23.7 Å². The molecule has 1 aromatic heterocycles. The van der Waals surface area contributed by atoms with E-state index in [0.29, 0.717) is 18.1 Å². The Morgan fingerprint density at radius 1 is 1.10 bits per heavy atom. The fraction of sp³-hybridized carbons (Fsp3) is 0.364. The molecule has 0 aliphatic heterocycles. The van der Waals surface area contributed by atoms with Gasteiger partial charge in [0.1, 0.15) is 0 Å². The van der Waals surface area contributed by atoms with E-state index in [4.69, 9.17) is 0 Å². The number of aromatic nitrogens is 1. The molecule has 0 fully saturated rings. The Hall–Kier alpha value is -2.16. The third-order valence-corrected chi connectivity index (χ3v) is 6.02. The van der Waals surface area contributed by atoms with Gasteiger partial charge < -0.3 is 4.90 Å². The van der Waals surface area contributed by atoms with Crippen LogP contribution in [-0.4, -0.2) is 43.0 Å². The molecule has 3 rings (SSSR count). The number of hydrogen-bond donors (Lipinski definition) is 0. The summed E-state index contributed by atoms with van der Waals surface area (Å²) in [6.07, 6.45) is -3.83. The van der Waals surface area contributed by atoms with Crippen molar-refractivity contribution in [1.82, 2.24) is 9.88 Å². The van der Waals surface area contributed by atoms with Crippen LogP contribution in [0.2, 0.25) is 0 Å². The van der Waals surface area contributed by atoms with Crippen molar-refractivity contribution in [3.63, 3.8) is 0 Å². The Bertz CT molecular complexity index is 1070. The summed E-state index contributed by atoms with van der Waals surface area (Å²) in [6.45, 7) is 5.09. The van der Waals surface area contributed by atoms with E-state index in [1.165, 1.54) is 28.4 Å². The minimum Gasteiger partial charge on any atom is -0.309 e. The SMILES string of the molecule is Cc1ccc2sc(N(CCCN(C)C)C(=O)c3cccc(C(F)(F)F)c3)nc2c1C.Cl. The second-order valence-corrected chi connectivity index (χ2v) is 8.55. The zero-order chi connectivity index (χ0) is 22.1. The quantitative estimate of drug-likeness (QED) is 0.445. The molecule has 1 heterocycles. The van der Waals surface area contributed by atoms with Gasteiger partial charge in [0.25, 0.3) is 5.91 Å². The van der Waals surface area contributed by atoms with Gasteiger partial charge in [0, 0.05) is 12.1 Å². The van der Waals surface area contributed by atoms with Crippen LogP contribution in [0.5, 0.6) is 0 Å². The summed E-state index contributed by atoms with van der Waals surface area (Å²) in [4.78, 5) is 21.4. The molecule has 0 aliphatic carbocycles. The normalized spacial score (nSPS) is 11.6. The maximum absolute atomic E-state index is 13.2. The topological polar surface area (TPSA) is 36.4 Å². The van der Waals surface area contributed by atoms with Crippen LogP contribution in [0.1, 0.15) is 33.5 Å². The van der Waals surface area contributed by atoms with Crippen molar-refractivity contribution in [2.75, 3.05) is 32.1 Å². The fourth-order valence-corrected chi connectivity index (χ4v) is 4.19. The molecule has 4 nitrogen and oxygen atoms in total. The maximum Gasteiger partial charge on any atom is 0.416 e. The second kappa shape index (κ2) is 9.97. The number of alkyl halides is 3. The summed E-state index contributed by atoms with van der Waals surface area (Å²) in [7, 11) is 3.87. The van der Waals surface area contributed by atoms with Crippen LogP contribution in [-0.2, 0) is 6.18 Å². The smallest absolute Gasteiger partial charge is 0.309 e. The van der Waals surface area contributed by atoms with E-state index in [-0.39, 0.29) is 18.0 Å². The summed E-state index contributed by atoms with van der Waals surface area (Å²) in [6, 6.07) is 8.52. The molecule has 31 heavy (non-hydrogen) atoms. The summed E-state index contributed by atoms with van der Waals surface area (Å²) < 4.78 is 40.3. The molecule has 0 spiro atoms. The molecule has 1 amide bonds.